The van der Waals surface area contributed by atoms with Gasteiger partial charge in [-0.3, -0.25) is 9.69 Å². The summed E-state index contributed by atoms with van der Waals surface area (Å²) < 4.78 is 25.1. The van der Waals surface area contributed by atoms with E-state index >= 15 is 0 Å². The van der Waals surface area contributed by atoms with Crippen molar-refractivity contribution in [3.8, 4) is 0 Å². The van der Waals surface area contributed by atoms with E-state index in [0.29, 0.717) is 19.6 Å². The molecule has 0 spiro atoms. The van der Waals surface area contributed by atoms with Gasteiger partial charge < -0.3 is 5.11 Å². The normalized spacial score (nSPS) is 24.3. The first-order valence-electron chi connectivity index (χ1n) is 7.25. The van der Waals surface area contributed by atoms with E-state index in [1.807, 2.05) is 37.3 Å². The first kappa shape index (κ1) is 16.9. The molecule has 1 N–H and O–H groups in total. The molecular weight excluding hydrogens is 304 g/mol. The maximum Gasteiger partial charge on any atom is 0.305 e. The van der Waals surface area contributed by atoms with Crippen molar-refractivity contribution in [2.75, 3.05) is 19.3 Å². The van der Waals surface area contributed by atoms with Crippen LogP contribution in [0.3, 0.4) is 0 Å². The van der Waals surface area contributed by atoms with Crippen LogP contribution >= 0.6 is 0 Å². The predicted octanol–water partition coefficient (Wildman–Crippen LogP) is 0.996. The molecule has 0 aliphatic carbocycles. The van der Waals surface area contributed by atoms with E-state index in [0.717, 1.165) is 11.8 Å². The second kappa shape index (κ2) is 6.76. The van der Waals surface area contributed by atoms with Crippen molar-refractivity contribution in [2.45, 2.75) is 32.0 Å². The van der Waals surface area contributed by atoms with Gasteiger partial charge in [0, 0.05) is 25.7 Å². The third-order valence-electron chi connectivity index (χ3n) is 4.15. The van der Waals surface area contributed by atoms with Crippen LogP contribution in [0, 0.1) is 0 Å². The standard InChI is InChI=1S/C15H22N2O4S/c1-12-14(10-15(18)19)17(22(2,20)21)9-8-16(12)11-13-6-4-3-5-7-13/h3-7,12,14H,8-11H2,1-2H3,(H,18,19)/t12-,14+/m0/s1. The van der Waals surface area contributed by atoms with E-state index in [1.54, 1.807) is 0 Å². The van der Waals surface area contributed by atoms with Crippen LogP contribution in [0.15, 0.2) is 30.3 Å². The maximum absolute atomic E-state index is 11.9. The molecule has 0 amide bonds. The molecule has 1 aliphatic heterocycles. The van der Waals surface area contributed by atoms with Crippen molar-refractivity contribution < 1.29 is 18.3 Å². The number of rotatable bonds is 5. The Bertz CT molecular complexity index is 618. The van der Waals surface area contributed by atoms with Crippen molar-refractivity contribution in [3.63, 3.8) is 0 Å². The van der Waals surface area contributed by atoms with Crippen molar-refractivity contribution in [1.82, 2.24) is 9.21 Å². The number of carboxylic acid groups (broad SMARTS) is 1. The Morgan fingerprint density at radius 2 is 1.91 bits per heavy atom. The molecule has 1 saturated heterocycles. The number of benzene rings is 1. The first-order valence-corrected chi connectivity index (χ1v) is 9.10. The highest BCUT2D eigenvalue weighted by atomic mass is 32.2. The molecule has 1 fully saturated rings. The fourth-order valence-corrected chi connectivity index (χ4v) is 4.14. The molecule has 2 atom stereocenters. The molecule has 1 heterocycles. The van der Waals surface area contributed by atoms with Gasteiger partial charge in [0.05, 0.1) is 18.7 Å². The zero-order valence-electron chi connectivity index (χ0n) is 12.8. The molecule has 0 radical (unpaired) electrons. The molecule has 0 unspecified atom stereocenters. The second-order valence-corrected chi connectivity index (χ2v) is 7.67. The minimum absolute atomic E-state index is 0.153. The Kier molecular flexibility index (Phi) is 5.20. The number of carboxylic acids is 1. The molecule has 2 rings (SSSR count). The van der Waals surface area contributed by atoms with Crippen LogP contribution in [0.4, 0.5) is 0 Å². The average molecular weight is 326 g/mol. The molecule has 0 bridgehead atoms. The quantitative estimate of drug-likeness (QED) is 0.873. The van der Waals surface area contributed by atoms with Crippen LogP contribution in [0.2, 0.25) is 0 Å². The fourth-order valence-electron chi connectivity index (χ4n) is 2.98. The Balaban J connectivity index is 2.18. The summed E-state index contributed by atoms with van der Waals surface area (Å²) in [7, 11) is -3.41. The fraction of sp³-hybridized carbons (Fsp3) is 0.533. The third kappa shape index (κ3) is 4.06. The Morgan fingerprint density at radius 1 is 1.27 bits per heavy atom. The van der Waals surface area contributed by atoms with Crippen LogP contribution in [-0.4, -0.2) is 60.1 Å². The van der Waals surface area contributed by atoms with Crippen molar-refractivity contribution in [3.05, 3.63) is 35.9 Å². The Labute approximate surface area is 131 Å². The summed E-state index contributed by atoms with van der Waals surface area (Å²) in [6.07, 6.45) is 0.959. The Hall–Kier alpha value is -1.44. The number of hydrogen-bond donors (Lipinski definition) is 1. The third-order valence-corrected chi connectivity index (χ3v) is 5.45. The van der Waals surface area contributed by atoms with Crippen molar-refractivity contribution in [1.29, 1.82) is 0 Å². The number of hydrogen-bond acceptors (Lipinski definition) is 4. The van der Waals surface area contributed by atoms with E-state index in [2.05, 4.69) is 4.90 Å². The second-order valence-electron chi connectivity index (χ2n) is 5.74. The highest BCUT2D eigenvalue weighted by Gasteiger charge is 2.39. The summed E-state index contributed by atoms with van der Waals surface area (Å²) in [5, 5.41) is 9.10. The molecule has 122 valence electrons. The average Bonchev–Trinajstić information content (AvgIpc) is 2.42. The minimum atomic E-state index is -3.41. The number of sulfonamides is 1. The van der Waals surface area contributed by atoms with Gasteiger partial charge in [0.15, 0.2) is 0 Å². The zero-order valence-corrected chi connectivity index (χ0v) is 13.7. The monoisotopic (exact) mass is 326 g/mol. The lowest BCUT2D eigenvalue weighted by Crippen LogP contribution is -2.59. The van der Waals surface area contributed by atoms with Gasteiger partial charge in [-0.15, -0.1) is 0 Å². The maximum atomic E-state index is 11.9. The number of carbonyl (C=O) groups is 1. The van der Waals surface area contributed by atoms with Crippen LogP contribution in [0.25, 0.3) is 0 Å². The number of piperazine rings is 1. The highest BCUT2D eigenvalue weighted by molar-refractivity contribution is 7.88. The van der Waals surface area contributed by atoms with Crippen LogP contribution in [-0.2, 0) is 21.4 Å². The van der Waals surface area contributed by atoms with E-state index in [-0.39, 0.29) is 12.5 Å². The molecule has 0 saturated carbocycles. The SMILES string of the molecule is C[C@H]1[C@@H](CC(=O)O)N(S(C)(=O)=O)CCN1Cc1ccccc1. The molecule has 22 heavy (non-hydrogen) atoms. The number of nitrogens with zero attached hydrogens (tertiary/aromatic N) is 2. The van der Waals surface area contributed by atoms with Crippen LogP contribution in [0.1, 0.15) is 18.9 Å². The van der Waals surface area contributed by atoms with Gasteiger partial charge in [0.1, 0.15) is 0 Å². The summed E-state index contributed by atoms with van der Waals surface area (Å²) in [6.45, 7) is 3.51. The molecule has 1 aliphatic rings. The van der Waals surface area contributed by atoms with E-state index in [4.69, 9.17) is 5.11 Å². The summed E-state index contributed by atoms with van der Waals surface area (Å²) in [4.78, 5) is 13.3. The molecule has 7 heteroatoms. The Morgan fingerprint density at radius 3 is 2.45 bits per heavy atom. The van der Waals surface area contributed by atoms with Gasteiger partial charge >= 0.3 is 5.97 Å². The molecule has 0 aromatic heterocycles. The molecule has 1 aromatic carbocycles. The zero-order chi connectivity index (χ0) is 16.3. The summed E-state index contributed by atoms with van der Waals surface area (Å²) in [6, 6.07) is 9.21. The minimum Gasteiger partial charge on any atom is -0.481 e. The highest BCUT2D eigenvalue weighted by Crippen LogP contribution is 2.24. The van der Waals surface area contributed by atoms with E-state index < -0.39 is 22.0 Å². The molecular formula is C15H22N2O4S. The van der Waals surface area contributed by atoms with Crippen LogP contribution in [0.5, 0.6) is 0 Å². The van der Waals surface area contributed by atoms with Gasteiger partial charge in [-0.1, -0.05) is 30.3 Å². The van der Waals surface area contributed by atoms with Gasteiger partial charge in [0.25, 0.3) is 0 Å². The lowest BCUT2D eigenvalue weighted by molar-refractivity contribution is -0.139. The van der Waals surface area contributed by atoms with Gasteiger partial charge in [-0.05, 0) is 12.5 Å². The largest absolute Gasteiger partial charge is 0.481 e. The summed E-state index contributed by atoms with van der Waals surface area (Å²) in [5.41, 5.74) is 1.14. The molecule has 1 aromatic rings. The molecule has 6 nitrogen and oxygen atoms in total. The number of aliphatic carboxylic acids is 1. The van der Waals surface area contributed by atoms with Crippen molar-refractivity contribution in [2.24, 2.45) is 0 Å². The predicted molar refractivity (Wildman–Crippen MR) is 83.9 cm³/mol. The van der Waals surface area contributed by atoms with Gasteiger partial charge in [-0.25, -0.2) is 8.42 Å². The first-order chi connectivity index (χ1) is 10.3. The summed E-state index contributed by atoms with van der Waals surface area (Å²) in [5.74, 6) is -0.980. The van der Waals surface area contributed by atoms with E-state index in [1.165, 1.54) is 4.31 Å². The van der Waals surface area contributed by atoms with Gasteiger partial charge in [-0.2, -0.15) is 4.31 Å². The van der Waals surface area contributed by atoms with Crippen molar-refractivity contribution >= 4 is 16.0 Å². The smallest absolute Gasteiger partial charge is 0.305 e. The summed E-state index contributed by atoms with van der Waals surface area (Å²) >= 11 is 0. The van der Waals surface area contributed by atoms with Crippen LogP contribution < -0.4 is 0 Å². The lowest BCUT2D eigenvalue weighted by Gasteiger charge is -2.44. The topological polar surface area (TPSA) is 77.9 Å². The lowest BCUT2D eigenvalue weighted by atomic mass is 10.0. The van der Waals surface area contributed by atoms with E-state index in [9.17, 15) is 13.2 Å². The van der Waals surface area contributed by atoms with Gasteiger partial charge in [0.2, 0.25) is 10.0 Å².